The zero-order valence-electron chi connectivity index (χ0n) is 16.5. The Bertz CT molecular complexity index is 983. The zero-order chi connectivity index (χ0) is 22.1. The second-order valence-electron chi connectivity index (χ2n) is 6.22. The molecule has 0 aliphatic heterocycles. The predicted molar refractivity (Wildman–Crippen MR) is 115 cm³/mol. The van der Waals surface area contributed by atoms with E-state index in [1.807, 2.05) is 43.3 Å². The van der Waals surface area contributed by atoms with Gasteiger partial charge in [-0.2, -0.15) is 5.26 Å². The SMILES string of the molecule is CCOc1cc(/C=C(\C#N)C(=O)N[C@@H](C)c2ccccc2)cc(Br)c1OCC(=O)O. The van der Waals surface area contributed by atoms with E-state index in [1.165, 1.54) is 6.08 Å². The lowest BCUT2D eigenvalue weighted by Crippen LogP contribution is -2.27. The number of nitrogens with one attached hydrogen (secondary N) is 1. The van der Waals surface area contributed by atoms with E-state index >= 15 is 0 Å². The normalized spacial score (nSPS) is 11.9. The third-order valence-corrected chi connectivity index (χ3v) is 4.58. The van der Waals surface area contributed by atoms with Gasteiger partial charge in [0, 0.05) is 0 Å². The van der Waals surface area contributed by atoms with Crippen LogP contribution < -0.4 is 14.8 Å². The van der Waals surface area contributed by atoms with E-state index < -0.39 is 18.5 Å². The van der Waals surface area contributed by atoms with E-state index in [0.717, 1.165) is 5.56 Å². The quantitative estimate of drug-likeness (QED) is 0.420. The van der Waals surface area contributed by atoms with Crippen LogP contribution in [0, 0.1) is 11.3 Å². The van der Waals surface area contributed by atoms with Crippen molar-refractivity contribution in [2.75, 3.05) is 13.2 Å². The summed E-state index contributed by atoms with van der Waals surface area (Å²) >= 11 is 3.33. The number of carbonyl (C=O) groups is 2. The molecular weight excluding hydrogens is 452 g/mol. The number of carbonyl (C=O) groups excluding carboxylic acids is 1. The summed E-state index contributed by atoms with van der Waals surface area (Å²) in [4.78, 5) is 23.4. The fourth-order valence-corrected chi connectivity index (χ4v) is 3.20. The fourth-order valence-electron chi connectivity index (χ4n) is 2.62. The maximum absolute atomic E-state index is 12.6. The van der Waals surface area contributed by atoms with Crippen LogP contribution in [-0.2, 0) is 9.59 Å². The standard InChI is InChI=1S/C22H21BrN2O5/c1-3-29-19-11-15(10-18(23)21(19)30-13-20(26)27)9-17(12-24)22(28)25-14(2)16-7-5-4-6-8-16/h4-11,14H,3,13H2,1-2H3,(H,25,28)(H,26,27)/b17-9+/t14-/m0/s1. The highest BCUT2D eigenvalue weighted by Crippen LogP contribution is 2.37. The van der Waals surface area contributed by atoms with Crippen LogP contribution in [0.2, 0.25) is 0 Å². The molecule has 2 aromatic carbocycles. The van der Waals surface area contributed by atoms with Crippen molar-refractivity contribution >= 4 is 33.9 Å². The molecule has 1 amide bonds. The van der Waals surface area contributed by atoms with E-state index in [1.54, 1.807) is 19.1 Å². The van der Waals surface area contributed by atoms with Crippen LogP contribution in [0.5, 0.6) is 11.5 Å². The number of rotatable bonds is 9. The summed E-state index contributed by atoms with van der Waals surface area (Å²) in [6.07, 6.45) is 1.43. The highest BCUT2D eigenvalue weighted by Gasteiger charge is 2.16. The molecule has 7 nitrogen and oxygen atoms in total. The molecule has 0 aliphatic rings. The van der Waals surface area contributed by atoms with Crippen molar-refractivity contribution < 1.29 is 24.2 Å². The van der Waals surface area contributed by atoms with Gasteiger partial charge in [0.25, 0.3) is 5.91 Å². The fraction of sp³-hybridized carbons (Fsp3) is 0.227. The molecule has 0 spiro atoms. The van der Waals surface area contributed by atoms with Gasteiger partial charge >= 0.3 is 5.97 Å². The van der Waals surface area contributed by atoms with Gasteiger partial charge in [0.15, 0.2) is 18.1 Å². The van der Waals surface area contributed by atoms with Crippen LogP contribution in [0.3, 0.4) is 0 Å². The molecule has 2 N–H and O–H groups in total. The summed E-state index contributed by atoms with van der Waals surface area (Å²) < 4.78 is 11.3. The Labute approximate surface area is 183 Å². The lowest BCUT2D eigenvalue weighted by Gasteiger charge is -2.15. The van der Waals surface area contributed by atoms with Crippen LogP contribution in [0.25, 0.3) is 6.08 Å². The van der Waals surface area contributed by atoms with Crippen molar-refractivity contribution in [1.82, 2.24) is 5.32 Å². The summed E-state index contributed by atoms with van der Waals surface area (Å²) in [5.74, 6) is -1.09. The molecule has 0 saturated heterocycles. The molecule has 0 aromatic heterocycles. The number of halogens is 1. The largest absolute Gasteiger partial charge is 0.490 e. The van der Waals surface area contributed by atoms with E-state index in [2.05, 4.69) is 21.2 Å². The monoisotopic (exact) mass is 472 g/mol. The number of carboxylic acid groups (broad SMARTS) is 1. The van der Waals surface area contributed by atoms with Crippen LogP contribution >= 0.6 is 15.9 Å². The average Bonchev–Trinajstić information content (AvgIpc) is 2.72. The van der Waals surface area contributed by atoms with Crippen LogP contribution in [-0.4, -0.2) is 30.2 Å². The van der Waals surface area contributed by atoms with Crippen molar-refractivity contribution in [2.45, 2.75) is 19.9 Å². The van der Waals surface area contributed by atoms with Crippen molar-refractivity contribution in [3.63, 3.8) is 0 Å². The lowest BCUT2D eigenvalue weighted by atomic mass is 10.1. The Morgan fingerprint density at radius 3 is 2.57 bits per heavy atom. The number of amides is 1. The first-order chi connectivity index (χ1) is 14.3. The van der Waals surface area contributed by atoms with Gasteiger partial charge in [-0.05, 0) is 59.1 Å². The highest BCUT2D eigenvalue weighted by molar-refractivity contribution is 9.10. The van der Waals surface area contributed by atoms with Crippen molar-refractivity contribution in [3.05, 3.63) is 63.6 Å². The topological polar surface area (TPSA) is 109 Å². The van der Waals surface area contributed by atoms with Gasteiger partial charge in [-0.3, -0.25) is 4.79 Å². The number of nitrogens with zero attached hydrogens (tertiary/aromatic N) is 1. The van der Waals surface area contributed by atoms with Crippen molar-refractivity contribution in [3.8, 4) is 17.6 Å². The third kappa shape index (κ3) is 6.36. The highest BCUT2D eigenvalue weighted by atomic mass is 79.9. The minimum absolute atomic E-state index is 0.0775. The third-order valence-electron chi connectivity index (χ3n) is 3.99. The van der Waals surface area contributed by atoms with Gasteiger partial charge in [0.1, 0.15) is 11.6 Å². The lowest BCUT2D eigenvalue weighted by molar-refractivity contribution is -0.139. The first-order valence-electron chi connectivity index (χ1n) is 9.14. The number of hydrogen-bond acceptors (Lipinski definition) is 5. The molecule has 0 fully saturated rings. The molecule has 2 rings (SSSR count). The van der Waals surface area contributed by atoms with Gasteiger partial charge in [0.05, 0.1) is 17.1 Å². The molecule has 2 aromatic rings. The minimum Gasteiger partial charge on any atom is -0.490 e. The average molecular weight is 473 g/mol. The molecule has 0 aliphatic carbocycles. The molecule has 8 heteroatoms. The van der Waals surface area contributed by atoms with Gasteiger partial charge in [-0.15, -0.1) is 0 Å². The van der Waals surface area contributed by atoms with Gasteiger partial charge in [-0.1, -0.05) is 30.3 Å². The molecule has 0 unspecified atom stereocenters. The van der Waals surface area contributed by atoms with E-state index in [4.69, 9.17) is 14.6 Å². The van der Waals surface area contributed by atoms with Crippen LogP contribution in [0.15, 0.2) is 52.5 Å². The van der Waals surface area contributed by atoms with E-state index in [-0.39, 0.29) is 17.4 Å². The van der Waals surface area contributed by atoms with Crippen molar-refractivity contribution in [1.29, 1.82) is 5.26 Å². The minimum atomic E-state index is -1.12. The molecule has 1 atom stereocenters. The number of ether oxygens (including phenoxy) is 2. The Balaban J connectivity index is 2.28. The summed E-state index contributed by atoms with van der Waals surface area (Å²) in [5.41, 5.74) is 1.36. The Morgan fingerprint density at radius 2 is 1.97 bits per heavy atom. The summed E-state index contributed by atoms with van der Waals surface area (Å²) in [6.45, 7) is 3.40. The number of nitriles is 1. The maximum Gasteiger partial charge on any atom is 0.341 e. The van der Waals surface area contributed by atoms with Crippen LogP contribution in [0.4, 0.5) is 0 Å². The van der Waals surface area contributed by atoms with Gasteiger partial charge in [-0.25, -0.2) is 4.79 Å². The first kappa shape index (κ1) is 23.0. The first-order valence-corrected chi connectivity index (χ1v) is 9.93. The second-order valence-corrected chi connectivity index (χ2v) is 7.08. The van der Waals surface area contributed by atoms with E-state index in [9.17, 15) is 14.9 Å². The Hall–Kier alpha value is -3.31. The number of hydrogen-bond donors (Lipinski definition) is 2. The summed E-state index contributed by atoms with van der Waals surface area (Å²) in [6, 6.07) is 14.3. The number of aliphatic carboxylic acids is 1. The zero-order valence-corrected chi connectivity index (χ0v) is 18.1. The number of carboxylic acids is 1. The molecule has 0 radical (unpaired) electrons. The molecule has 0 heterocycles. The van der Waals surface area contributed by atoms with E-state index in [0.29, 0.717) is 22.4 Å². The molecule has 0 saturated carbocycles. The summed E-state index contributed by atoms with van der Waals surface area (Å²) in [7, 11) is 0. The predicted octanol–water partition coefficient (Wildman–Crippen LogP) is 4.10. The second kappa shape index (κ2) is 11.0. The van der Waals surface area contributed by atoms with Crippen LogP contribution in [0.1, 0.15) is 31.0 Å². The number of benzene rings is 2. The summed E-state index contributed by atoms with van der Waals surface area (Å²) in [5, 5.41) is 21.1. The molecular formula is C22H21BrN2O5. The Kier molecular flexibility index (Phi) is 8.44. The maximum atomic E-state index is 12.6. The van der Waals surface area contributed by atoms with Crippen molar-refractivity contribution in [2.24, 2.45) is 0 Å². The Morgan fingerprint density at radius 1 is 1.27 bits per heavy atom. The van der Waals surface area contributed by atoms with Gasteiger partial charge in [0.2, 0.25) is 0 Å². The molecule has 0 bridgehead atoms. The smallest absolute Gasteiger partial charge is 0.341 e. The molecule has 30 heavy (non-hydrogen) atoms. The molecule has 156 valence electrons. The van der Waals surface area contributed by atoms with Gasteiger partial charge < -0.3 is 19.9 Å².